The van der Waals surface area contributed by atoms with Crippen molar-refractivity contribution in [3.63, 3.8) is 0 Å². The summed E-state index contributed by atoms with van der Waals surface area (Å²) in [5.41, 5.74) is 2.84. The number of amides is 3. The molecule has 0 bridgehead atoms. The Morgan fingerprint density at radius 2 is 1.43 bits per heavy atom. The highest BCUT2D eigenvalue weighted by atomic mass is 16.5. The molecule has 5 rings (SSSR count). The van der Waals surface area contributed by atoms with Crippen molar-refractivity contribution < 1.29 is 43.6 Å². The van der Waals surface area contributed by atoms with Crippen molar-refractivity contribution in [2.75, 3.05) is 0 Å². The molecule has 3 aliphatic rings. The monoisotopic (exact) mass is 549 g/mol. The Balaban J connectivity index is 1.35. The van der Waals surface area contributed by atoms with E-state index in [4.69, 9.17) is 9.31 Å². The number of fused-ring (bicyclic) bond motifs is 2. The molecular weight excluding hydrogens is 520 g/mol. The molecule has 40 heavy (non-hydrogen) atoms. The molecule has 0 radical (unpaired) electrons. The predicted octanol–water partition coefficient (Wildman–Crippen LogP) is -1.59. The SMILES string of the molecule is C[C@H](NC(=O)c1ccc2c(c1)B(O)OC2)[C@H](NC(=O)c1ccc2c(c1)B(O)OC2)C(=O)N[C@H]1CCC[C@@H]1C(=O)O. The minimum absolute atomic E-state index is 0.177. The highest BCUT2D eigenvalue weighted by Gasteiger charge is 2.38. The maximum absolute atomic E-state index is 13.4. The normalized spacial score (nSPS) is 20.9. The summed E-state index contributed by atoms with van der Waals surface area (Å²) in [6.07, 6.45) is 1.54. The average Bonchev–Trinajstić information content (AvgIpc) is 3.65. The third-order valence-corrected chi connectivity index (χ3v) is 7.73. The number of carbonyl (C=O) groups is 4. The number of benzene rings is 2. The van der Waals surface area contributed by atoms with Crippen molar-refractivity contribution in [3.05, 3.63) is 58.7 Å². The Morgan fingerprint density at radius 3 is 1.98 bits per heavy atom. The van der Waals surface area contributed by atoms with Crippen molar-refractivity contribution in [3.8, 4) is 0 Å². The molecule has 0 unspecified atom stereocenters. The largest absolute Gasteiger partial charge is 0.491 e. The maximum atomic E-state index is 13.4. The smallest absolute Gasteiger partial charge is 0.481 e. The van der Waals surface area contributed by atoms with E-state index in [1.165, 1.54) is 12.1 Å². The van der Waals surface area contributed by atoms with Crippen LogP contribution in [0.5, 0.6) is 0 Å². The van der Waals surface area contributed by atoms with Gasteiger partial charge < -0.3 is 40.4 Å². The summed E-state index contributed by atoms with van der Waals surface area (Å²) in [6.45, 7) is 2.00. The molecule has 2 aliphatic heterocycles. The third kappa shape index (κ3) is 5.61. The average molecular weight is 549 g/mol. The molecule has 208 valence electrons. The lowest BCUT2D eigenvalue weighted by atomic mass is 9.78. The van der Waals surface area contributed by atoms with Crippen LogP contribution in [-0.4, -0.2) is 71.2 Å². The molecule has 2 aromatic rings. The molecule has 14 heteroatoms. The Hall–Kier alpha value is -3.71. The molecule has 0 aromatic heterocycles. The lowest BCUT2D eigenvalue weighted by Crippen LogP contribution is -2.59. The molecule has 12 nitrogen and oxygen atoms in total. The Bertz CT molecular complexity index is 1360. The van der Waals surface area contributed by atoms with Gasteiger partial charge in [0.15, 0.2) is 0 Å². The second-order valence-corrected chi connectivity index (χ2v) is 10.4. The molecule has 2 heterocycles. The quantitative estimate of drug-likeness (QED) is 0.212. The fourth-order valence-corrected chi connectivity index (χ4v) is 5.43. The molecule has 4 atom stereocenters. The zero-order valence-electron chi connectivity index (χ0n) is 21.8. The number of rotatable bonds is 8. The second kappa shape index (κ2) is 11.4. The van der Waals surface area contributed by atoms with E-state index in [-0.39, 0.29) is 24.3 Å². The van der Waals surface area contributed by atoms with E-state index in [0.717, 1.165) is 11.1 Å². The van der Waals surface area contributed by atoms with Crippen molar-refractivity contribution in [2.45, 2.75) is 57.5 Å². The van der Waals surface area contributed by atoms with Crippen LogP contribution in [0.15, 0.2) is 36.4 Å². The molecule has 1 aliphatic carbocycles. The van der Waals surface area contributed by atoms with Crippen LogP contribution in [0.4, 0.5) is 0 Å². The predicted molar refractivity (Wildman–Crippen MR) is 143 cm³/mol. The topological polar surface area (TPSA) is 184 Å². The fraction of sp³-hybridized carbons (Fsp3) is 0.385. The van der Waals surface area contributed by atoms with Gasteiger partial charge in [0, 0.05) is 17.2 Å². The standard InChI is InChI=1S/C26H29B2N3O9/c1-13(29-23(32)14-5-7-16-11-39-27(37)19(16)9-14)22(25(34)30-21-4-2-3-18(21)26(35)36)31-24(33)15-6-8-17-12-40-28(38)20(17)10-15/h5-10,13,18,21-22,37-38H,2-4,11-12H2,1H3,(H,29,32)(H,30,34)(H,31,33)(H,35,36)/t13-,18-,21-,22-/m0/s1. The molecule has 6 N–H and O–H groups in total. The summed E-state index contributed by atoms with van der Waals surface area (Å²) in [4.78, 5) is 51.4. The molecule has 0 saturated heterocycles. The van der Waals surface area contributed by atoms with Gasteiger partial charge in [-0.25, -0.2) is 0 Å². The van der Waals surface area contributed by atoms with E-state index in [1.807, 2.05) is 0 Å². The van der Waals surface area contributed by atoms with Gasteiger partial charge in [0.1, 0.15) is 6.04 Å². The first-order valence-corrected chi connectivity index (χ1v) is 13.1. The highest BCUT2D eigenvalue weighted by Crippen LogP contribution is 2.26. The van der Waals surface area contributed by atoms with Gasteiger partial charge >= 0.3 is 20.2 Å². The van der Waals surface area contributed by atoms with Crippen LogP contribution in [0.2, 0.25) is 0 Å². The number of aliphatic carboxylic acids is 1. The van der Waals surface area contributed by atoms with Crippen molar-refractivity contribution in [1.82, 2.24) is 16.0 Å². The Kier molecular flexibility index (Phi) is 7.95. The van der Waals surface area contributed by atoms with E-state index in [2.05, 4.69) is 16.0 Å². The van der Waals surface area contributed by atoms with Gasteiger partial charge in [-0.15, -0.1) is 0 Å². The molecule has 2 aromatic carbocycles. The third-order valence-electron chi connectivity index (χ3n) is 7.73. The van der Waals surface area contributed by atoms with Crippen LogP contribution in [-0.2, 0) is 32.1 Å². The summed E-state index contributed by atoms with van der Waals surface area (Å²) in [7, 11) is -2.30. The van der Waals surface area contributed by atoms with Gasteiger partial charge in [0.05, 0.1) is 25.2 Å². The van der Waals surface area contributed by atoms with Crippen LogP contribution in [0.1, 0.15) is 58.0 Å². The van der Waals surface area contributed by atoms with Crippen LogP contribution in [0.3, 0.4) is 0 Å². The number of hydrogen-bond donors (Lipinski definition) is 6. The van der Waals surface area contributed by atoms with E-state index < -0.39 is 62.0 Å². The number of carboxylic acid groups (broad SMARTS) is 1. The second-order valence-electron chi connectivity index (χ2n) is 10.4. The van der Waals surface area contributed by atoms with Gasteiger partial charge in [0.25, 0.3) is 11.8 Å². The van der Waals surface area contributed by atoms with Crippen LogP contribution >= 0.6 is 0 Å². The van der Waals surface area contributed by atoms with Crippen molar-refractivity contribution in [1.29, 1.82) is 0 Å². The first-order chi connectivity index (χ1) is 19.1. The van der Waals surface area contributed by atoms with Gasteiger partial charge in [-0.1, -0.05) is 18.6 Å². The molecule has 1 fully saturated rings. The minimum atomic E-state index is -1.26. The summed E-state index contributed by atoms with van der Waals surface area (Å²) >= 11 is 0. The van der Waals surface area contributed by atoms with E-state index >= 15 is 0 Å². The van der Waals surface area contributed by atoms with Gasteiger partial charge in [0.2, 0.25) is 5.91 Å². The minimum Gasteiger partial charge on any atom is -0.481 e. The summed E-state index contributed by atoms with van der Waals surface area (Å²) in [5, 5.41) is 37.7. The first kappa shape index (κ1) is 27.8. The van der Waals surface area contributed by atoms with Crippen LogP contribution in [0.25, 0.3) is 0 Å². The van der Waals surface area contributed by atoms with E-state index in [1.54, 1.807) is 31.2 Å². The van der Waals surface area contributed by atoms with E-state index in [0.29, 0.717) is 30.2 Å². The first-order valence-electron chi connectivity index (χ1n) is 13.1. The number of carbonyl (C=O) groups excluding carboxylic acids is 3. The highest BCUT2D eigenvalue weighted by molar-refractivity contribution is 6.62. The Morgan fingerprint density at radius 1 is 0.875 bits per heavy atom. The zero-order valence-corrected chi connectivity index (χ0v) is 21.8. The lowest BCUT2D eigenvalue weighted by molar-refractivity contribution is -0.142. The number of carboxylic acids is 1. The summed E-state index contributed by atoms with van der Waals surface area (Å²) < 4.78 is 10.4. The lowest BCUT2D eigenvalue weighted by Gasteiger charge is -2.28. The summed E-state index contributed by atoms with van der Waals surface area (Å²) in [5.74, 6) is -3.55. The molecule has 0 spiro atoms. The fourth-order valence-electron chi connectivity index (χ4n) is 5.43. The molecule has 3 amide bonds. The Labute approximate surface area is 230 Å². The van der Waals surface area contributed by atoms with E-state index in [9.17, 15) is 34.3 Å². The van der Waals surface area contributed by atoms with Crippen LogP contribution < -0.4 is 26.9 Å². The van der Waals surface area contributed by atoms with Crippen molar-refractivity contribution in [2.24, 2.45) is 5.92 Å². The number of hydrogen-bond acceptors (Lipinski definition) is 8. The summed E-state index contributed by atoms with van der Waals surface area (Å²) in [6, 6.07) is 6.65. The van der Waals surface area contributed by atoms with Crippen LogP contribution in [0, 0.1) is 5.92 Å². The number of nitrogens with one attached hydrogen (secondary N) is 3. The van der Waals surface area contributed by atoms with Gasteiger partial charge in [-0.2, -0.15) is 0 Å². The van der Waals surface area contributed by atoms with Gasteiger partial charge in [-0.05, 0) is 66.1 Å². The maximum Gasteiger partial charge on any atom is 0.491 e. The molecule has 1 saturated carbocycles. The molecular formula is C26H29B2N3O9. The zero-order chi connectivity index (χ0) is 28.6. The van der Waals surface area contributed by atoms with Crippen molar-refractivity contribution >= 4 is 48.9 Å². The van der Waals surface area contributed by atoms with Gasteiger partial charge in [-0.3, -0.25) is 19.2 Å².